The Balaban J connectivity index is 1.99. The molecule has 1 atom stereocenters. The summed E-state index contributed by atoms with van der Waals surface area (Å²) in [6.45, 7) is 4.01. The highest BCUT2D eigenvalue weighted by atomic mass is 16.5. The fourth-order valence-electron chi connectivity index (χ4n) is 2.45. The van der Waals surface area contributed by atoms with Crippen LogP contribution in [0.5, 0.6) is 0 Å². The predicted molar refractivity (Wildman–Crippen MR) is 102 cm³/mol. The molecule has 0 radical (unpaired) electrons. The molecule has 0 saturated carbocycles. The fraction of sp³-hybridized carbons (Fsp3) is 0.350. The molecule has 26 heavy (non-hydrogen) atoms. The van der Waals surface area contributed by atoms with E-state index in [9.17, 15) is 9.59 Å². The van der Waals surface area contributed by atoms with Gasteiger partial charge in [0.05, 0.1) is 18.5 Å². The number of carbonyl (C=O) groups is 2. The summed E-state index contributed by atoms with van der Waals surface area (Å²) in [5, 5.41) is 5.92. The first-order valence-corrected chi connectivity index (χ1v) is 8.89. The molecule has 0 saturated heterocycles. The number of anilines is 3. The first kappa shape index (κ1) is 19.4. The molecule has 0 aliphatic rings. The highest BCUT2D eigenvalue weighted by Gasteiger charge is 2.27. The zero-order valence-corrected chi connectivity index (χ0v) is 15.2. The molecular formula is C20H25N3O3. The summed E-state index contributed by atoms with van der Waals surface area (Å²) in [7, 11) is 0. The SMILES string of the molecule is CCCCC(C(=O)Nc1ccc(Nc2ccccc2)nc1)C(=O)OCC. The van der Waals surface area contributed by atoms with Crippen LogP contribution in [0.3, 0.4) is 0 Å². The average Bonchev–Trinajstić information content (AvgIpc) is 2.65. The minimum Gasteiger partial charge on any atom is -0.465 e. The lowest BCUT2D eigenvalue weighted by Crippen LogP contribution is -2.31. The monoisotopic (exact) mass is 355 g/mol. The molecule has 0 spiro atoms. The lowest BCUT2D eigenvalue weighted by Gasteiger charge is -2.15. The van der Waals surface area contributed by atoms with E-state index >= 15 is 0 Å². The molecule has 6 heteroatoms. The Morgan fingerprint density at radius 2 is 1.85 bits per heavy atom. The zero-order chi connectivity index (χ0) is 18.8. The molecular weight excluding hydrogens is 330 g/mol. The molecule has 1 unspecified atom stereocenters. The quantitative estimate of drug-likeness (QED) is 0.522. The summed E-state index contributed by atoms with van der Waals surface area (Å²) in [5.74, 6) is -0.963. The van der Waals surface area contributed by atoms with Crippen LogP contribution in [-0.4, -0.2) is 23.5 Å². The molecule has 0 fully saturated rings. The predicted octanol–water partition coefficient (Wildman–Crippen LogP) is 4.13. The third kappa shape index (κ3) is 5.88. The number of amides is 1. The van der Waals surface area contributed by atoms with E-state index in [-0.39, 0.29) is 12.5 Å². The van der Waals surface area contributed by atoms with Crippen molar-refractivity contribution < 1.29 is 14.3 Å². The fourth-order valence-corrected chi connectivity index (χ4v) is 2.45. The van der Waals surface area contributed by atoms with Gasteiger partial charge in [0, 0.05) is 5.69 Å². The Bertz CT molecular complexity index is 702. The van der Waals surface area contributed by atoms with Crippen LogP contribution >= 0.6 is 0 Å². The van der Waals surface area contributed by atoms with Crippen molar-refractivity contribution in [1.82, 2.24) is 4.98 Å². The van der Waals surface area contributed by atoms with Gasteiger partial charge in [-0.1, -0.05) is 38.0 Å². The van der Waals surface area contributed by atoms with E-state index in [1.807, 2.05) is 37.3 Å². The van der Waals surface area contributed by atoms with Crippen LogP contribution < -0.4 is 10.6 Å². The first-order valence-electron chi connectivity index (χ1n) is 8.89. The summed E-state index contributed by atoms with van der Waals surface area (Å²) < 4.78 is 5.02. The summed E-state index contributed by atoms with van der Waals surface area (Å²) in [5.41, 5.74) is 1.47. The molecule has 1 amide bonds. The summed E-state index contributed by atoms with van der Waals surface area (Å²) in [4.78, 5) is 28.8. The van der Waals surface area contributed by atoms with Crippen molar-refractivity contribution in [1.29, 1.82) is 0 Å². The van der Waals surface area contributed by atoms with E-state index < -0.39 is 11.9 Å². The van der Waals surface area contributed by atoms with E-state index in [1.54, 1.807) is 25.3 Å². The number of esters is 1. The summed E-state index contributed by atoms with van der Waals surface area (Å²) in [6, 6.07) is 13.2. The largest absolute Gasteiger partial charge is 0.465 e. The van der Waals surface area contributed by atoms with Gasteiger partial charge in [-0.3, -0.25) is 9.59 Å². The van der Waals surface area contributed by atoms with Crippen molar-refractivity contribution in [2.75, 3.05) is 17.2 Å². The Morgan fingerprint density at radius 3 is 2.46 bits per heavy atom. The van der Waals surface area contributed by atoms with E-state index in [4.69, 9.17) is 4.74 Å². The second-order valence-electron chi connectivity index (χ2n) is 5.86. The van der Waals surface area contributed by atoms with Crippen LogP contribution in [0.2, 0.25) is 0 Å². The Morgan fingerprint density at radius 1 is 1.08 bits per heavy atom. The molecule has 1 aromatic carbocycles. The number of unbranched alkanes of at least 4 members (excludes halogenated alkanes) is 1. The maximum atomic E-state index is 12.5. The van der Waals surface area contributed by atoms with Crippen molar-refractivity contribution in [3.05, 3.63) is 48.7 Å². The minimum atomic E-state index is -0.794. The number of pyridine rings is 1. The second-order valence-corrected chi connectivity index (χ2v) is 5.86. The molecule has 0 bridgehead atoms. The zero-order valence-electron chi connectivity index (χ0n) is 15.2. The highest BCUT2D eigenvalue weighted by Crippen LogP contribution is 2.18. The second kappa shape index (κ2) is 10.2. The van der Waals surface area contributed by atoms with Crippen molar-refractivity contribution in [3.8, 4) is 0 Å². The number of hydrogen-bond acceptors (Lipinski definition) is 5. The Kier molecular flexibility index (Phi) is 7.61. The van der Waals surface area contributed by atoms with Crippen LogP contribution in [0.1, 0.15) is 33.1 Å². The molecule has 2 aromatic rings. The molecule has 2 rings (SSSR count). The van der Waals surface area contributed by atoms with Crippen molar-refractivity contribution >= 4 is 29.1 Å². The molecule has 6 nitrogen and oxygen atoms in total. The van der Waals surface area contributed by atoms with Crippen molar-refractivity contribution in [2.45, 2.75) is 33.1 Å². The minimum absolute atomic E-state index is 0.260. The highest BCUT2D eigenvalue weighted by molar-refractivity contribution is 6.04. The number of nitrogens with one attached hydrogen (secondary N) is 2. The van der Waals surface area contributed by atoms with Gasteiger partial charge in [-0.15, -0.1) is 0 Å². The lowest BCUT2D eigenvalue weighted by molar-refractivity contribution is -0.151. The molecule has 0 aliphatic heterocycles. The smallest absolute Gasteiger partial charge is 0.318 e. The van der Waals surface area contributed by atoms with Gasteiger partial charge in [-0.05, 0) is 37.6 Å². The number of carbonyl (C=O) groups excluding carboxylic acids is 2. The number of aromatic nitrogens is 1. The maximum Gasteiger partial charge on any atom is 0.318 e. The van der Waals surface area contributed by atoms with Crippen LogP contribution in [0.4, 0.5) is 17.2 Å². The molecule has 0 aliphatic carbocycles. The van der Waals surface area contributed by atoms with E-state index in [2.05, 4.69) is 15.6 Å². The first-order chi connectivity index (χ1) is 12.6. The van der Waals surface area contributed by atoms with Crippen LogP contribution in [0.15, 0.2) is 48.7 Å². The van der Waals surface area contributed by atoms with Crippen LogP contribution in [0, 0.1) is 5.92 Å². The topological polar surface area (TPSA) is 80.3 Å². The van der Waals surface area contributed by atoms with E-state index in [0.717, 1.165) is 18.5 Å². The molecule has 1 heterocycles. The Labute approximate surface area is 154 Å². The third-order valence-corrected chi connectivity index (χ3v) is 3.81. The van der Waals surface area contributed by atoms with Crippen LogP contribution in [-0.2, 0) is 14.3 Å². The summed E-state index contributed by atoms with van der Waals surface area (Å²) >= 11 is 0. The van der Waals surface area contributed by atoms with Gasteiger partial charge in [0.15, 0.2) is 0 Å². The van der Waals surface area contributed by atoms with Gasteiger partial charge in [-0.2, -0.15) is 0 Å². The average molecular weight is 355 g/mol. The van der Waals surface area contributed by atoms with Crippen molar-refractivity contribution in [3.63, 3.8) is 0 Å². The number of rotatable bonds is 9. The number of ether oxygens (including phenoxy) is 1. The van der Waals surface area contributed by atoms with Gasteiger partial charge < -0.3 is 15.4 Å². The molecule has 2 N–H and O–H groups in total. The lowest BCUT2D eigenvalue weighted by atomic mass is 10.0. The van der Waals surface area contributed by atoms with Gasteiger partial charge in [0.2, 0.25) is 5.91 Å². The van der Waals surface area contributed by atoms with Gasteiger partial charge in [-0.25, -0.2) is 4.98 Å². The van der Waals surface area contributed by atoms with E-state index in [0.29, 0.717) is 17.9 Å². The Hall–Kier alpha value is -2.89. The number of benzene rings is 1. The third-order valence-electron chi connectivity index (χ3n) is 3.81. The van der Waals surface area contributed by atoms with Gasteiger partial charge in [0.1, 0.15) is 11.7 Å². The van der Waals surface area contributed by atoms with Gasteiger partial charge >= 0.3 is 5.97 Å². The normalized spacial score (nSPS) is 11.5. The number of hydrogen-bond donors (Lipinski definition) is 2. The van der Waals surface area contributed by atoms with E-state index in [1.165, 1.54) is 0 Å². The van der Waals surface area contributed by atoms with Gasteiger partial charge in [0.25, 0.3) is 0 Å². The number of nitrogens with zero attached hydrogens (tertiary/aromatic N) is 1. The summed E-state index contributed by atoms with van der Waals surface area (Å²) in [6.07, 6.45) is 3.73. The standard InChI is InChI=1S/C20H25N3O3/c1-3-5-11-17(20(25)26-4-2)19(24)23-16-12-13-18(21-14-16)22-15-9-7-6-8-10-15/h6-10,12-14,17H,3-5,11H2,1-2H3,(H,21,22)(H,23,24). The maximum absolute atomic E-state index is 12.5. The van der Waals surface area contributed by atoms with Crippen LogP contribution in [0.25, 0.3) is 0 Å². The number of para-hydroxylation sites is 1. The molecule has 1 aromatic heterocycles. The molecule has 138 valence electrons. The van der Waals surface area contributed by atoms with Crippen molar-refractivity contribution in [2.24, 2.45) is 5.92 Å².